The number of carbonyl (C=O) groups excluding carboxylic acids is 1. The standard InChI is InChI=1S/C7H13O2.BrH.Zn/c1-3-4-5-6-9-7(2)8;;/h1,3-6H2,2H3;1H;/q;;+1/p-1. The van der Waals surface area contributed by atoms with Crippen molar-refractivity contribution >= 4 is 5.97 Å². The molecule has 0 fully saturated rings. The van der Waals surface area contributed by atoms with Crippen molar-refractivity contribution < 1.29 is 44.8 Å². The summed E-state index contributed by atoms with van der Waals surface area (Å²) in [4.78, 5) is 10.3. The number of esters is 1. The van der Waals surface area contributed by atoms with Crippen molar-refractivity contribution in [3.8, 4) is 0 Å². The smallest absolute Gasteiger partial charge is 1.00 e. The van der Waals surface area contributed by atoms with Crippen molar-refractivity contribution in [2.45, 2.75) is 31.2 Å². The Labute approximate surface area is 88.5 Å². The van der Waals surface area contributed by atoms with Gasteiger partial charge in [0.25, 0.3) is 0 Å². The number of halogens is 1. The zero-order valence-corrected chi connectivity index (χ0v) is 11.5. The molecule has 0 N–H and O–H groups in total. The van der Waals surface area contributed by atoms with Crippen LogP contribution in [0.25, 0.3) is 0 Å². The molecule has 0 aliphatic rings. The summed E-state index contributed by atoms with van der Waals surface area (Å²) >= 11 is 1.38. The second-order valence-electron chi connectivity index (χ2n) is 2.25. The minimum Gasteiger partial charge on any atom is -1.00 e. The van der Waals surface area contributed by atoms with Gasteiger partial charge in [-0.25, -0.2) is 0 Å². The number of carbonyl (C=O) groups is 1. The van der Waals surface area contributed by atoms with Gasteiger partial charge in [-0.05, 0) is 0 Å². The molecule has 0 heterocycles. The van der Waals surface area contributed by atoms with Crippen LogP contribution in [0.4, 0.5) is 0 Å². The van der Waals surface area contributed by atoms with E-state index in [2.05, 4.69) is 0 Å². The van der Waals surface area contributed by atoms with Crippen LogP contribution in [0.15, 0.2) is 0 Å². The third-order valence-electron chi connectivity index (χ3n) is 1.20. The Morgan fingerprint density at radius 3 is 2.45 bits per heavy atom. The molecule has 0 radical (unpaired) electrons. The molecule has 0 spiro atoms. The van der Waals surface area contributed by atoms with E-state index in [0.717, 1.165) is 6.42 Å². The maximum Gasteiger partial charge on any atom is -1.00 e. The number of unbranched alkanes of at least 4 members (excludes halogenated alkanes) is 2. The Balaban J connectivity index is 0. The molecule has 0 saturated heterocycles. The van der Waals surface area contributed by atoms with Crippen molar-refractivity contribution in [2.75, 3.05) is 6.61 Å². The molecule has 0 unspecified atom stereocenters. The second-order valence-corrected chi connectivity index (χ2v) is 3.74. The normalized spacial score (nSPS) is 8.64. The molecular weight excluding hydrogens is 261 g/mol. The van der Waals surface area contributed by atoms with E-state index in [1.807, 2.05) is 0 Å². The minimum atomic E-state index is -0.162. The molecular formula is C7H13BrO2Zn. The maximum absolute atomic E-state index is 10.3. The molecule has 0 aliphatic heterocycles. The van der Waals surface area contributed by atoms with E-state index in [1.165, 1.54) is 43.1 Å². The first-order chi connectivity index (χ1) is 4.77. The van der Waals surface area contributed by atoms with Crippen molar-refractivity contribution in [1.29, 1.82) is 0 Å². The molecule has 0 aliphatic carbocycles. The average molecular weight is 274 g/mol. The first-order valence-corrected chi connectivity index (χ1v) is 5.79. The van der Waals surface area contributed by atoms with E-state index in [4.69, 9.17) is 4.74 Å². The summed E-state index contributed by atoms with van der Waals surface area (Å²) in [6.45, 7) is 2.06. The van der Waals surface area contributed by atoms with Crippen molar-refractivity contribution in [3.63, 3.8) is 0 Å². The van der Waals surface area contributed by atoms with Crippen LogP contribution in [0.5, 0.6) is 0 Å². The van der Waals surface area contributed by atoms with Gasteiger partial charge >= 0.3 is 71.6 Å². The topological polar surface area (TPSA) is 26.3 Å². The van der Waals surface area contributed by atoms with E-state index < -0.39 is 0 Å². The van der Waals surface area contributed by atoms with E-state index in [1.54, 1.807) is 0 Å². The van der Waals surface area contributed by atoms with E-state index in [0.29, 0.717) is 6.61 Å². The summed E-state index contributed by atoms with van der Waals surface area (Å²) in [6, 6.07) is 0. The third-order valence-corrected chi connectivity index (χ3v) is 2.25. The summed E-state index contributed by atoms with van der Waals surface area (Å²) < 4.78 is 4.76. The molecule has 0 rings (SSSR count). The van der Waals surface area contributed by atoms with Crippen LogP contribution in [-0.2, 0) is 27.8 Å². The Hall–Kier alpha value is 0.573. The summed E-state index contributed by atoms with van der Waals surface area (Å²) in [6.07, 6.45) is 3.52. The van der Waals surface area contributed by atoms with E-state index in [9.17, 15) is 4.79 Å². The van der Waals surface area contributed by atoms with Crippen LogP contribution in [-0.4, -0.2) is 12.6 Å². The molecule has 0 aromatic rings. The van der Waals surface area contributed by atoms with Gasteiger partial charge in [-0.1, -0.05) is 0 Å². The minimum absolute atomic E-state index is 0. The van der Waals surface area contributed by atoms with Gasteiger partial charge in [0.1, 0.15) is 0 Å². The largest absolute Gasteiger partial charge is 1.00 e. The molecule has 0 atom stereocenters. The predicted molar refractivity (Wildman–Crippen MR) is 35.3 cm³/mol. The quantitative estimate of drug-likeness (QED) is 0.353. The SMILES string of the molecule is CC(=O)OCCCC[CH2][Zn+].[Br-]. The zero-order valence-electron chi connectivity index (χ0n) is 6.94. The fourth-order valence-electron chi connectivity index (χ4n) is 0.672. The van der Waals surface area contributed by atoms with Crippen LogP contribution in [0, 0.1) is 0 Å². The molecule has 0 aromatic carbocycles. The molecule has 0 bridgehead atoms. The van der Waals surface area contributed by atoms with Crippen molar-refractivity contribution in [3.05, 3.63) is 0 Å². The molecule has 0 aromatic heterocycles. The number of hydrogen-bond acceptors (Lipinski definition) is 2. The molecule has 4 heteroatoms. The summed E-state index contributed by atoms with van der Waals surface area (Å²) in [5.41, 5.74) is 0. The molecule has 2 nitrogen and oxygen atoms in total. The number of hydrogen-bond donors (Lipinski definition) is 0. The maximum atomic E-state index is 10.3. The summed E-state index contributed by atoms with van der Waals surface area (Å²) in [5, 5.41) is 1.35. The van der Waals surface area contributed by atoms with Gasteiger partial charge in [0.2, 0.25) is 0 Å². The van der Waals surface area contributed by atoms with Crippen LogP contribution in [0.2, 0.25) is 5.02 Å². The monoisotopic (exact) mass is 272 g/mol. The van der Waals surface area contributed by atoms with Gasteiger partial charge in [-0.2, -0.15) is 0 Å². The van der Waals surface area contributed by atoms with Crippen LogP contribution < -0.4 is 17.0 Å². The van der Waals surface area contributed by atoms with Crippen molar-refractivity contribution in [1.82, 2.24) is 0 Å². The van der Waals surface area contributed by atoms with E-state index >= 15 is 0 Å². The first-order valence-electron chi connectivity index (χ1n) is 3.70. The second kappa shape index (κ2) is 10.6. The Morgan fingerprint density at radius 2 is 2.00 bits per heavy atom. The summed E-state index contributed by atoms with van der Waals surface area (Å²) in [5.74, 6) is -0.162. The third kappa shape index (κ3) is 13.5. The molecule has 62 valence electrons. The zero-order chi connectivity index (χ0) is 7.82. The van der Waals surface area contributed by atoms with Crippen LogP contribution in [0.1, 0.15) is 26.2 Å². The van der Waals surface area contributed by atoms with Gasteiger partial charge in [0.05, 0.1) is 0 Å². The van der Waals surface area contributed by atoms with Gasteiger partial charge in [-0.15, -0.1) is 0 Å². The Morgan fingerprint density at radius 1 is 1.36 bits per heavy atom. The van der Waals surface area contributed by atoms with Gasteiger partial charge < -0.3 is 17.0 Å². The number of rotatable bonds is 5. The van der Waals surface area contributed by atoms with E-state index in [-0.39, 0.29) is 23.0 Å². The number of ether oxygens (including phenoxy) is 1. The molecule has 11 heavy (non-hydrogen) atoms. The van der Waals surface area contributed by atoms with Gasteiger partial charge in [0, 0.05) is 0 Å². The van der Waals surface area contributed by atoms with Crippen LogP contribution in [0.3, 0.4) is 0 Å². The van der Waals surface area contributed by atoms with Gasteiger partial charge in [-0.3, -0.25) is 0 Å². The summed E-state index contributed by atoms with van der Waals surface area (Å²) in [7, 11) is 0. The van der Waals surface area contributed by atoms with Crippen molar-refractivity contribution in [2.24, 2.45) is 0 Å². The van der Waals surface area contributed by atoms with Gasteiger partial charge in [0.15, 0.2) is 0 Å². The Bertz CT molecular complexity index is 98.4. The van der Waals surface area contributed by atoms with Crippen LogP contribution >= 0.6 is 0 Å². The fourth-order valence-corrected chi connectivity index (χ4v) is 1.41. The predicted octanol–water partition coefficient (Wildman–Crippen LogP) is -1.31. The fraction of sp³-hybridized carbons (Fsp3) is 0.857. The Kier molecular flexibility index (Phi) is 13.6. The molecule has 0 amide bonds. The average Bonchev–Trinajstić information content (AvgIpc) is 1.87. The first kappa shape index (κ1) is 14.1. The molecule has 0 saturated carbocycles.